The van der Waals surface area contributed by atoms with Gasteiger partial charge >= 0.3 is 6.18 Å². The van der Waals surface area contributed by atoms with Gasteiger partial charge < -0.3 is 25.4 Å². The van der Waals surface area contributed by atoms with Gasteiger partial charge in [-0.15, -0.1) is 11.3 Å². The summed E-state index contributed by atoms with van der Waals surface area (Å²) < 4.78 is 41.2. The highest BCUT2D eigenvalue weighted by molar-refractivity contribution is 7.21. The number of aromatic nitrogens is 5. The summed E-state index contributed by atoms with van der Waals surface area (Å²) in [6, 6.07) is 7.31. The van der Waals surface area contributed by atoms with Gasteiger partial charge in [-0.2, -0.15) is 18.2 Å². The number of anilines is 2. The first-order valence-corrected chi connectivity index (χ1v) is 12.6. The molecule has 1 aromatic carbocycles. The molecular weight excluding hydrogens is 507 g/mol. The topological polar surface area (TPSA) is 121 Å². The van der Waals surface area contributed by atoms with Crippen LogP contribution in [0.15, 0.2) is 36.7 Å². The van der Waals surface area contributed by atoms with Crippen molar-refractivity contribution in [1.82, 2.24) is 24.5 Å². The van der Waals surface area contributed by atoms with E-state index in [0.29, 0.717) is 40.7 Å². The van der Waals surface area contributed by atoms with Gasteiger partial charge in [0.15, 0.2) is 0 Å². The highest BCUT2D eigenvalue weighted by Crippen LogP contribution is 2.40. The summed E-state index contributed by atoms with van der Waals surface area (Å²) in [6.07, 6.45) is -2.18. The number of nitrogens with zero attached hydrogens (tertiary/aromatic N) is 5. The Bertz CT molecular complexity index is 1370. The number of aryl methyl sites for hydroxylation is 2. The first-order valence-electron chi connectivity index (χ1n) is 11.7. The molecule has 0 bridgehead atoms. The number of para-hydroxylation sites is 1. The summed E-state index contributed by atoms with van der Waals surface area (Å²) in [6.45, 7) is 0.427. The number of alkyl halides is 3. The predicted molar refractivity (Wildman–Crippen MR) is 134 cm³/mol. The van der Waals surface area contributed by atoms with Crippen LogP contribution >= 0.6 is 11.3 Å². The Labute approximate surface area is 214 Å². The Kier molecular flexibility index (Phi) is 6.77. The Morgan fingerprint density at radius 1 is 1.19 bits per heavy atom. The van der Waals surface area contributed by atoms with Crippen molar-refractivity contribution in [3.8, 4) is 10.6 Å². The lowest BCUT2D eigenvalue weighted by molar-refractivity contribution is -0.115. The molecule has 0 radical (unpaired) electrons. The van der Waals surface area contributed by atoms with Crippen LogP contribution in [-0.2, 0) is 7.05 Å². The average Bonchev–Trinajstić information content (AvgIpc) is 3.54. The van der Waals surface area contributed by atoms with Crippen LogP contribution < -0.4 is 10.6 Å². The van der Waals surface area contributed by atoms with Gasteiger partial charge in [0.05, 0.1) is 27.6 Å². The van der Waals surface area contributed by atoms with E-state index in [-0.39, 0.29) is 12.0 Å². The summed E-state index contributed by atoms with van der Waals surface area (Å²) in [5.41, 5.74) is 1.84. The number of thiazole rings is 1. The SMILES string of the molecule is Cc1nc(NCC(F)(F)F)nc(N[C@@H]2C[C@H](C(O)c3nccn3C)[C@@H](O)C2)c1-c1nc2ccccc2s1. The maximum atomic E-state index is 12.8. The van der Waals surface area contributed by atoms with Crippen molar-refractivity contribution in [3.63, 3.8) is 0 Å². The molecule has 1 saturated carbocycles. The summed E-state index contributed by atoms with van der Waals surface area (Å²) in [5, 5.41) is 27.8. The van der Waals surface area contributed by atoms with Gasteiger partial charge in [0.1, 0.15) is 29.3 Å². The van der Waals surface area contributed by atoms with Crippen molar-refractivity contribution in [3.05, 3.63) is 48.2 Å². The Hall–Kier alpha value is -3.29. The maximum absolute atomic E-state index is 12.8. The number of aliphatic hydroxyl groups is 2. The second-order valence-electron chi connectivity index (χ2n) is 9.20. The molecule has 0 saturated heterocycles. The fourth-order valence-electron chi connectivity index (χ4n) is 4.72. The molecule has 1 unspecified atom stereocenters. The van der Waals surface area contributed by atoms with E-state index in [1.165, 1.54) is 11.3 Å². The summed E-state index contributed by atoms with van der Waals surface area (Å²) in [5.74, 6) is 0.137. The normalized spacial score (nSPS) is 20.9. The highest BCUT2D eigenvalue weighted by atomic mass is 32.1. The molecule has 5 rings (SSSR count). The lowest BCUT2D eigenvalue weighted by atomic mass is 9.98. The van der Waals surface area contributed by atoms with Gasteiger partial charge in [-0.25, -0.2) is 15.0 Å². The minimum Gasteiger partial charge on any atom is -0.393 e. The second kappa shape index (κ2) is 9.88. The van der Waals surface area contributed by atoms with E-state index in [9.17, 15) is 23.4 Å². The Morgan fingerprint density at radius 2 is 1.97 bits per heavy atom. The van der Waals surface area contributed by atoms with E-state index in [0.717, 1.165) is 10.2 Å². The Morgan fingerprint density at radius 3 is 2.68 bits per heavy atom. The van der Waals surface area contributed by atoms with Gasteiger partial charge in [-0.3, -0.25) is 0 Å². The Balaban J connectivity index is 1.46. The molecular formula is C24H26F3N7O2S. The molecule has 4 N–H and O–H groups in total. The number of nitrogens with one attached hydrogen (secondary N) is 2. The standard InChI is InChI=1S/C24H26F3N7O2S/c1-12-18(22-32-15-5-3-4-6-17(15)37-22)20(33-23(30-12)29-11-24(25,26)27)31-13-9-14(16(35)10-13)19(36)21-28-7-8-34(21)2/h3-8,13-14,16,19,35-36H,9-11H2,1-2H3,(H2,29,30,31,33)/t13-,14+,16+,19?/m1/s1. The van der Waals surface area contributed by atoms with Crippen LogP contribution in [0.25, 0.3) is 20.8 Å². The van der Waals surface area contributed by atoms with Crippen LogP contribution in [0.4, 0.5) is 24.9 Å². The molecule has 0 aliphatic heterocycles. The van der Waals surface area contributed by atoms with E-state index >= 15 is 0 Å². The number of benzene rings is 1. The number of halogens is 3. The molecule has 196 valence electrons. The minimum absolute atomic E-state index is 0.162. The van der Waals surface area contributed by atoms with Crippen LogP contribution in [0, 0.1) is 12.8 Å². The zero-order valence-corrected chi connectivity index (χ0v) is 20.9. The molecule has 4 atom stereocenters. The molecule has 9 nitrogen and oxygen atoms in total. The molecule has 1 aliphatic rings. The van der Waals surface area contributed by atoms with Crippen LogP contribution in [0.5, 0.6) is 0 Å². The van der Waals surface area contributed by atoms with Crippen molar-refractivity contribution in [2.24, 2.45) is 13.0 Å². The molecule has 1 fully saturated rings. The van der Waals surface area contributed by atoms with E-state index in [2.05, 4.69) is 25.6 Å². The average molecular weight is 534 g/mol. The zero-order valence-electron chi connectivity index (χ0n) is 20.1. The van der Waals surface area contributed by atoms with Crippen molar-refractivity contribution >= 4 is 33.3 Å². The predicted octanol–water partition coefficient (Wildman–Crippen LogP) is 4.05. The molecule has 13 heteroatoms. The maximum Gasteiger partial charge on any atom is 0.405 e. The molecule has 0 spiro atoms. The fraction of sp³-hybridized carbons (Fsp3) is 0.417. The third kappa shape index (κ3) is 5.38. The summed E-state index contributed by atoms with van der Waals surface area (Å²) in [4.78, 5) is 17.5. The number of hydrogen-bond donors (Lipinski definition) is 4. The fourth-order valence-corrected chi connectivity index (χ4v) is 5.79. The lowest BCUT2D eigenvalue weighted by Gasteiger charge is -2.21. The number of aliphatic hydroxyl groups excluding tert-OH is 2. The largest absolute Gasteiger partial charge is 0.405 e. The minimum atomic E-state index is -4.43. The molecule has 4 aromatic rings. The lowest BCUT2D eigenvalue weighted by Crippen LogP contribution is -2.24. The van der Waals surface area contributed by atoms with Gasteiger partial charge in [-0.05, 0) is 31.9 Å². The van der Waals surface area contributed by atoms with Gasteiger partial charge in [-0.1, -0.05) is 12.1 Å². The van der Waals surface area contributed by atoms with Gasteiger partial charge in [0, 0.05) is 31.4 Å². The second-order valence-corrected chi connectivity index (χ2v) is 10.2. The molecule has 0 amide bonds. The van der Waals surface area contributed by atoms with Crippen molar-refractivity contribution in [1.29, 1.82) is 0 Å². The number of imidazole rings is 1. The smallest absolute Gasteiger partial charge is 0.393 e. The first kappa shape index (κ1) is 25.4. The van der Waals surface area contributed by atoms with Crippen LogP contribution in [0.2, 0.25) is 0 Å². The van der Waals surface area contributed by atoms with Crippen LogP contribution in [-0.4, -0.2) is 59.6 Å². The first-order chi connectivity index (χ1) is 17.6. The third-order valence-electron chi connectivity index (χ3n) is 6.49. The van der Waals surface area contributed by atoms with Gasteiger partial charge in [0.25, 0.3) is 0 Å². The highest BCUT2D eigenvalue weighted by Gasteiger charge is 2.40. The van der Waals surface area contributed by atoms with Crippen molar-refractivity contribution in [2.75, 3.05) is 17.2 Å². The van der Waals surface area contributed by atoms with Crippen LogP contribution in [0.1, 0.15) is 30.5 Å². The van der Waals surface area contributed by atoms with Crippen LogP contribution in [0.3, 0.4) is 0 Å². The number of rotatable bonds is 7. The zero-order chi connectivity index (χ0) is 26.3. The van der Waals surface area contributed by atoms with Crippen molar-refractivity contribution < 1.29 is 23.4 Å². The summed E-state index contributed by atoms with van der Waals surface area (Å²) in [7, 11) is 1.77. The number of hydrogen-bond acceptors (Lipinski definition) is 9. The van der Waals surface area contributed by atoms with E-state index in [1.807, 2.05) is 24.3 Å². The van der Waals surface area contributed by atoms with E-state index in [4.69, 9.17) is 4.98 Å². The monoisotopic (exact) mass is 533 g/mol. The molecule has 37 heavy (non-hydrogen) atoms. The third-order valence-corrected chi connectivity index (χ3v) is 7.54. The quantitative estimate of drug-likeness (QED) is 0.281. The van der Waals surface area contributed by atoms with Gasteiger partial charge in [0.2, 0.25) is 5.95 Å². The number of fused-ring (bicyclic) bond motifs is 1. The summed E-state index contributed by atoms with van der Waals surface area (Å²) >= 11 is 1.43. The van der Waals surface area contributed by atoms with E-state index in [1.54, 1.807) is 30.9 Å². The van der Waals surface area contributed by atoms with Crippen molar-refractivity contribution in [2.45, 2.75) is 44.2 Å². The van der Waals surface area contributed by atoms with E-state index < -0.39 is 30.8 Å². The molecule has 3 aromatic heterocycles. The molecule has 3 heterocycles. The molecule has 1 aliphatic carbocycles.